The Balaban J connectivity index is 1.63. The van der Waals surface area contributed by atoms with Gasteiger partial charge in [-0.25, -0.2) is 4.79 Å². The van der Waals surface area contributed by atoms with Gasteiger partial charge in [-0.15, -0.1) is 0 Å². The van der Waals surface area contributed by atoms with Gasteiger partial charge < -0.3 is 15.1 Å². The third kappa shape index (κ3) is 3.71. The number of likely N-dealkylation sites (N-methyl/N-ethyl adjacent to an activating group) is 1. The summed E-state index contributed by atoms with van der Waals surface area (Å²) < 4.78 is 0. The number of amides is 3. The van der Waals surface area contributed by atoms with E-state index in [1.165, 1.54) is 19.3 Å². The van der Waals surface area contributed by atoms with Gasteiger partial charge in [0.2, 0.25) is 5.91 Å². The molecule has 24 heavy (non-hydrogen) atoms. The second kappa shape index (κ2) is 7.69. The number of hydrogen-bond donors (Lipinski definition) is 1. The first-order valence-corrected chi connectivity index (χ1v) is 9.06. The number of nitrogens with zero attached hydrogens (tertiary/aromatic N) is 2. The van der Waals surface area contributed by atoms with Crippen LogP contribution in [-0.2, 0) is 4.79 Å². The van der Waals surface area contributed by atoms with Gasteiger partial charge in [0.15, 0.2) is 0 Å². The van der Waals surface area contributed by atoms with Gasteiger partial charge >= 0.3 is 6.03 Å². The maximum absolute atomic E-state index is 12.9. The summed E-state index contributed by atoms with van der Waals surface area (Å²) in [6.45, 7) is 0.664. The largest absolute Gasteiger partial charge is 0.335 e. The molecule has 1 saturated heterocycles. The molecule has 5 heteroatoms. The van der Waals surface area contributed by atoms with Crippen LogP contribution in [0, 0.1) is 0 Å². The van der Waals surface area contributed by atoms with E-state index in [1.54, 1.807) is 16.8 Å². The first-order chi connectivity index (χ1) is 11.7. The summed E-state index contributed by atoms with van der Waals surface area (Å²) in [4.78, 5) is 28.9. The molecule has 0 unspecified atom stereocenters. The highest BCUT2D eigenvalue weighted by molar-refractivity contribution is 5.98. The fourth-order valence-electron chi connectivity index (χ4n) is 3.77. The molecule has 2 fully saturated rings. The van der Waals surface area contributed by atoms with Crippen LogP contribution in [0.5, 0.6) is 0 Å². The first-order valence-electron chi connectivity index (χ1n) is 9.06. The number of anilines is 1. The molecule has 0 spiro atoms. The molecule has 0 bridgehead atoms. The van der Waals surface area contributed by atoms with Crippen molar-refractivity contribution in [1.82, 2.24) is 10.2 Å². The molecule has 1 saturated carbocycles. The van der Waals surface area contributed by atoms with Crippen LogP contribution in [0.25, 0.3) is 0 Å². The molecule has 1 N–H and O–H groups in total. The lowest BCUT2D eigenvalue weighted by atomic mass is 9.96. The van der Waals surface area contributed by atoms with Crippen molar-refractivity contribution in [2.45, 2.75) is 57.0 Å². The van der Waals surface area contributed by atoms with Crippen molar-refractivity contribution < 1.29 is 9.59 Å². The van der Waals surface area contributed by atoms with Crippen molar-refractivity contribution in [3.05, 3.63) is 30.3 Å². The minimum absolute atomic E-state index is 0.00232. The number of benzene rings is 1. The molecule has 0 radical (unpaired) electrons. The van der Waals surface area contributed by atoms with Gasteiger partial charge in [0, 0.05) is 25.3 Å². The average molecular weight is 329 g/mol. The Bertz CT molecular complexity index is 569. The van der Waals surface area contributed by atoms with Crippen LogP contribution in [-0.4, -0.2) is 42.5 Å². The highest BCUT2D eigenvalue weighted by Gasteiger charge is 2.36. The fraction of sp³-hybridized carbons (Fsp3) is 0.579. The highest BCUT2D eigenvalue weighted by atomic mass is 16.2. The molecule has 2 aliphatic rings. The number of rotatable bonds is 3. The summed E-state index contributed by atoms with van der Waals surface area (Å²) in [5.41, 5.74) is 0.863. The van der Waals surface area contributed by atoms with Crippen molar-refractivity contribution in [3.8, 4) is 0 Å². The van der Waals surface area contributed by atoms with E-state index in [4.69, 9.17) is 0 Å². The van der Waals surface area contributed by atoms with Crippen molar-refractivity contribution in [3.63, 3.8) is 0 Å². The number of urea groups is 1. The molecule has 0 aromatic heterocycles. The van der Waals surface area contributed by atoms with Crippen molar-refractivity contribution >= 4 is 17.6 Å². The van der Waals surface area contributed by atoms with Crippen LogP contribution in [0.2, 0.25) is 0 Å². The summed E-state index contributed by atoms with van der Waals surface area (Å²) >= 11 is 0. The van der Waals surface area contributed by atoms with Crippen LogP contribution < -0.4 is 10.2 Å². The van der Waals surface area contributed by atoms with Crippen molar-refractivity contribution in [2.75, 3.05) is 18.5 Å². The van der Waals surface area contributed by atoms with Gasteiger partial charge in [0.05, 0.1) is 0 Å². The van der Waals surface area contributed by atoms with E-state index in [2.05, 4.69) is 5.32 Å². The minimum Gasteiger partial charge on any atom is -0.335 e. The smallest absolute Gasteiger partial charge is 0.318 e. The predicted octanol–water partition coefficient (Wildman–Crippen LogP) is 3.16. The molecule has 1 aliphatic carbocycles. The maximum Gasteiger partial charge on any atom is 0.318 e. The van der Waals surface area contributed by atoms with E-state index in [-0.39, 0.29) is 24.0 Å². The number of carbonyl (C=O) groups is 2. The third-order valence-corrected chi connectivity index (χ3v) is 5.21. The van der Waals surface area contributed by atoms with Crippen LogP contribution in [0.15, 0.2) is 30.3 Å². The SMILES string of the molecule is CN(C(=O)[C@@H]1CCCN1C(=O)NC1CCCCC1)c1ccccc1. The van der Waals surface area contributed by atoms with E-state index < -0.39 is 0 Å². The normalized spacial score (nSPS) is 21.5. The Hall–Kier alpha value is -2.04. The van der Waals surface area contributed by atoms with Gasteiger partial charge in [-0.05, 0) is 37.8 Å². The Kier molecular flexibility index (Phi) is 5.38. The summed E-state index contributed by atoms with van der Waals surface area (Å²) in [6, 6.07) is 9.45. The van der Waals surface area contributed by atoms with E-state index >= 15 is 0 Å². The van der Waals surface area contributed by atoms with Gasteiger partial charge in [-0.2, -0.15) is 0 Å². The van der Waals surface area contributed by atoms with Crippen molar-refractivity contribution in [2.24, 2.45) is 0 Å². The second-order valence-electron chi connectivity index (χ2n) is 6.87. The monoisotopic (exact) mass is 329 g/mol. The molecule has 1 aromatic rings. The molecule has 1 heterocycles. The lowest BCUT2D eigenvalue weighted by Gasteiger charge is -2.31. The zero-order chi connectivity index (χ0) is 16.9. The van der Waals surface area contributed by atoms with Crippen LogP contribution in [0.4, 0.5) is 10.5 Å². The zero-order valence-electron chi connectivity index (χ0n) is 14.4. The van der Waals surface area contributed by atoms with Crippen LogP contribution >= 0.6 is 0 Å². The molecule has 3 rings (SSSR count). The summed E-state index contributed by atoms with van der Waals surface area (Å²) in [6.07, 6.45) is 7.38. The van der Waals surface area contributed by atoms with Gasteiger partial charge in [-0.1, -0.05) is 37.5 Å². The minimum atomic E-state index is -0.348. The van der Waals surface area contributed by atoms with Gasteiger partial charge in [-0.3, -0.25) is 4.79 Å². The molecule has 3 amide bonds. The molecule has 1 aliphatic heterocycles. The van der Waals surface area contributed by atoms with E-state index in [0.29, 0.717) is 6.54 Å². The summed E-state index contributed by atoms with van der Waals surface area (Å²) in [5, 5.41) is 3.14. The first kappa shape index (κ1) is 16.8. The topological polar surface area (TPSA) is 52.7 Å². The standard InChI is InChI=1S/C19H27N3O2/c1-21(16-11-6-3-7-12-16)18(23)17-13-8-14-22(17)19(24)20-15-9-4-2-5-10-15/h3,6-7,11-12,15,17H,2,4-5,8-10,13-14H2,1H3,(H,20,24)/t17-/m0/s1. The van der Waals surface area contributed by atoms with E-state index in [1.807, 2.05) is 30.3 Å². The number of para-hydroxylation sites is 1. The number of nitrogens with one attached hydrogen (secondary N) is 1. The van der Waals surface area contributed by atoms with E-state index in [0.717, 1.165) is 31.4 Å². The lowest BCUT2D eigenvalue weighted by Crippen LogP contribution is -2.52. The van der Waals surface area contributed by atoms with Crippen LogP contribution in [0.1, 0.15) is 44.9 Å². The summed E-state index contributed by atoms with van der Waals surface area (Å²) in [7, 11) is 1.78. The Morgan fingerprint density at radius 2 is 1.75 bits per heavy atom. The maximum atomic E-state index is 12.9. The molecule has 5 nitrogen and oxygen atoms in total. The zero-order valence-corrected chi connectivity index (χ0v) is 14.4. The Morgan fingerprint density at radius 3 is 2.46 bits per heavy atom. The van der Waals surface area contributed by atoms with Crippen molar-refractivity contribution in [1.29, 1.82) is 0 Å². The summed E-state index contributed by atoms with van der Waals surface area (Å²) in [5.74, 6) is -0.00232. The van der Waals surface area contributed by atoms with Gasteiger partial charge in [0.25, 0.3) is 0 Å². The Labute approximate surface area is 144 Å². The Morgan fingerprint density at radius 1 is 1.04 bits per heavy atom. The molecule has 1 atom stereocenters. The quantitative estimate of drug-likeness (QED) is 0.926. The molecule has 130 valence electrons. The highest BCUT2D eigenvalue weighted by Crippen LogP contribution is 2.23. The molecule has 1 aromatic carbocycles. The number of hydrogen-bond acceptors (Lipinski definition) is 2. The molecular formula is C19H27N3O2. The second-order valence-corrected chi connectivity index (χ2v) is 6.87. The van der Waals surface area contributed by atoms with Crippen LogP contribution in [0.3, 0.4) is 0 Å². The number of carbonyl (C=O) groups excluding carboxylic acids is 2. The lowest BCUT2D eigenvalue weighted by molar-refractivity contribution is -0.121. The number of likely N-dealkylation sites (tertiary alicyclic amines) is 1. The molecular weight excluding hydrogens is 302 g/mol. The third-order valence-electron chi connectivity index (χ3n) is 5.21. The fourth-order valence-corrected chi connectivity index (χ4v) is 3.77. The van der Waals surface area contributed by atoms with Gasteiger partial charge in [0.1, 0.15) is 6.04 Å². The average Bonchev–Trinajstić information content (AvgIpc) is 3.12. The predicted molar refractivity (Wildman–Crippen MR) is 95.0 cm³/mol. The van der Waals surface area contributed by atoms with E-state index in [9.17, 15) is 9.59 Å².